The molecule has 0 saturated carbocycles. The van der Waals surface area contributed by atoms with Crippen LogP contribution in [0.15, 0.2) is 47.9 Å². The number of hydrogen-bond acceptors (Lipinski definition) is 4. The highest BCUT2D eigenvalue weighted by Crippen LogP contribution is 2.24. The Labute approximate surface area is 174 Å². The molecule has 0 unspecified atom stereocenters. The minimum Gasteiger partial charge on any atom is -0.325 e. The van der Waals surface area contributed by atoms with E-state index in [0.29, 0.717) is 10.2 Å². The molecule has 0 aliphatic rings. The van der Waals surface area contributed by atoms with E-state index in [1.807, 2.05) is 54.8 Å². The number of aromatic nitrogens is 3. The van der Waals surface area contributed by atoms with E-state index < -0.39 is 0 Å². The van der Waals surface area contributed by atoms with Gasteiger partial charge in [0.1, 0.15) is 6.33 Å². The zero-order valence-electron chi connectivity index (χ0n) is 14.2. The minimum absolute atomic E-state index is 0.0872. The molecule has 26 heavy (non-hydrogen) atoms. The largest absolute Gasteiger partial charge is 0.325 e. The highest BCUT2D eigenvalue weighted by atomic mass is 127. The fourth-order valence-corrected chi connectivity index (χ4v) is 3.87. The molecule has 0 aliphatic carbocycles. The second-order valence-electron chi connectivity index (χ2n) is 5.71. The second kappa shape index (κ2) is 8.41. The first kappa shape index (κ1) is 19.2. The lowest BCUT2D eigenvalue weighted by molar-refractivity contribution is -0.113. The SMILES string of the molecule is Cc1ccc(-n2cnnc2SCC(=O)Nc2ccc(I)cc2C)cc1Cl. The van der Waals surface area contributed by atoms with Crippen molar-refractivity contribution in [3.63, 3.8) is 0 Å². The lowest BCUT2D eigenvalue weighted by Crippen LogP contribution is -2.15. The molecule has 134 valence electrons. The van der Waals surface area contributed by atoms with Crippen molar-refractivity contribution in [3.8, 4) is 5.69 Å². The van der Waals surface area contributed by atoms with E-state index in [-0.39, 0.29) is 11.7 Å². The number of nitrogens with one attached hydrogen (secondary N) is 1. The van der Waals surface area contributed by atoms with Crippen molar-refractivity contribution in [3.05, 3.63) is 62.4 Å². The Morgan fingerprint density at radius 3 is 2.77 bits per heavy atom. The van der Waals surface area contributed by atoms with Crippen LogP contribution in [-0.2, 0) is 4.79 Å². The van der Waals surface area contributed by atoms with E-state index >= 15 is 0 Å². The van der Waals surface area contributed by atoms with Gasteiger partial charge in [-0.2, -0.15) is 0 Å². The topological polar surface area (TPSA) is 59.8 Å². The second-order valence-corrected chi connectivity index (χ2v) is 8.31. The molecule has 1 N–H and O–H groups in total. The fourth-order valence-electron chi connectivity index (χ4n) is 2.32. The number of benzene rings is 2. The van der Waals surface area contributed by atoms with Crippen LogP contribution in [0.25, 0.3) is 5.69 Å². The van der Waals surface area contributed by atoms with Crippen LogP contribution in [0.1, 0.15) is 11.1 Å². The maximum absolute atomic E-state index is 12.3. The van der Waals surface area contributed by atoms with Gasteiger partial charge in [0.15, 0.2) is 5.16 Å². The van der Waals surface area contributed by atoms with Crippen molar-refractivity contribution in [1.29, 1.82) is 0 Å². The van der Waals surface area contributed by atoms with Gasteiger partial charge in [-0.1, -0.05) is 29.4 Å². The molecule has 0 atom stereocenters. The number of nitrogens with zero attached hydrogens (tertiary/aromatic N) is 3. The minimum atomic E-state index is -0.0872. The molecule has 0 spiro atoms. The Kier molecular flexibility index (Phi) is 6.20. The summed E-state index contributed by atoms with van der Waals surface area (Å²) in [4.78, 5) is 12.3. The molecule has 2 aromatic carbocycles. The maximum atomic E-state index is 12.3. The van der Waals surface area contributed by atoms with Gasteiger partial charge in [-0.05, 0) is 77.9 Å². The zero-order chi connectivity index (χ0) is 18.7. The van der Waals surface area contributed by atoms with E-state index in [4.69, 9.17) is 11.6 Å². The van der Waals surface area contributed by atoms with Crippen molar-refractivity contribution in [2.45, 2.75) is 19.0 Å². The van der Waals surface area contributed by atoms with E-state index in [2.05, 4.69) is 38.1 Å². The quantitative estimate of drug-likeness (QED) is 0.403. The molecule has 3 aromatic rings. The lowest BCUT2D eigenvalue weighted by atomic mass is 10.2. The normalized spacial score (nSPS) is 10.8. The molecule has 0 bridgehead atoms. The third-order valence-corrected chi connectivity index (χ3v) is 5.77. The van der Waals surface area contributed by atoms with Gasteiger partial charge >= 0.3 is 0 Å². The van der Waals surface area contributed by atoms with Crippen LogP contribution in [0.4, 0.5) is 5.69 Å². The summed E-state index contributed by atoms with van der Waals surface area (Å²) in [7, 11) is 0. The van der Waals surface area contributed by atoms with Crippen LogP contribution in [0.3, 0.4) is 0 Å². The Morgan fingerprint density at radius 2 is 2.04 bits per heavy atom. The molecular formula is C18H16ClIN4OS. The van der Waals surface area contributed by atoms with Crippen LogP contribution in [0.2, 0.25) is 5.02 Å². The van der Waals surface area contributed by atoms with E-state index in [9.17, 15) is 4.79 Å². The molecule has 1 heterocycles. The van der Waals surface area contributed by atoms with Gasteiger partial charge in [-0.3, -0.25) is 9.36 Å². The van der Waals surface area contributed by atoms with Crippen LogP contribution in [-0.4, -0.2) is 26.4 Å². The Balaban J connectivity index is 1.68. The van der Waals surface area contributed by atoms with E-state index in [0.717, 1.165) is 26.1 Å². The number of anilines is 1. The van der Waals surface area contributed by atoms with Crippen molar-refractivity contribution >= 4 is 57.5 Å². The van der Waals surface area contributed by atoms with E-state index in [1.165, 1.54) is 11.8 Å². The number of carbonyl (C=O) groups excluding carboxylic acids is 1. The molecule has 1 amide bonds. The van der Waals surface area contributed by atoms with Crippen molar-refractivity contribution in [2.24, 2.45) is 0 Å². The number of thioether (sulfide) groups is 1. The highest BCUT2D eigenvalue weighted by molar-refractivity contribution is 14.1. The maximum Gasteiger partial charge on any atom is 0.234 e. The predicted octanol–water partition coefficient (Wildman–Crippen LogP) is 4.87. The molecule has 5 nitrogen and oxygen atoms in total. The molecule has 0 saturated heterocycles. The number of hydrogen-bond donors (Lipinski definition) is 1. The Morgan fingerprint density at radius 1 is 1.23 bits per heavy atom. The fraction of sp³-hybridized carbons (Fsp3) is 0.167. The first-order valence-electron chi connectivity index (χ1n) is 7.79. The van der Waals surface area contributed by atoms with Gasteiger partial charge in [-0.15, -0.1) is 10.2 Å². The van der Waals surface area contributed by atoms with Gasteiger partial charge < -0.3 is 5.32 Å². The van der Waals surface area contributed by atoms with Crippen LogP contribution in [0.5, 0.6) is 0 Å². The van der Waals surface area contributed by atoms with Crippen LogP contribution >= 0.6 is 46.0 Å². The predicted molar refractivity (Wildman–Crippen MR) is 114 cm³/mol. The van der Waals surface area contributed by atoms with Gasteiger partial charge in [0.2, 0.25) is 5.91 Å². The van der Waals surface area contributed by atoms with Crippen molar-refractivity contribution < 1.29 is 4.79 Å². The standard InChI is InChI=1S/C18H16ClIN4OS/c1-11-3-5-14(8-15(11)19)24-10-21-23-18(24)26-9-17(25)22-16-6-4-13(20)7-12(16)2/h3-8,10H,9H2,1-2H3,(H,22,25). The van der Waals surface area contributed by atoms with Crippen LogP contribution < -0.4 is 5.32 Å². The number of rotatable bonds is 5. The number of aryl methyl sites for hydroxylation is 2. The Bertz CT molecular complexity index is 960. The summed E-state index contributed by atoms with van der Waals surface area (Å²) in [5, 5.41) is 12.3. The number of halogens is 2. The average Bonchev–Trinajstić information content (AvgIpc) is 3.06. The van der Waals surface area contributed by atoms with E-state index in [1.54, 1.807) is 6.33 Å². The summed E-state index contributed by atoms with van der Waals surface area (Å²) in [5.74, 6) is 0.153. The van der Waals surface area contributed by atoms with Crippen molar-refractivity contribution in [1.82, 2.24) is 14.8 Å². The number of carbonyl (C=O) groups is 1. The lowest BCUT2D eigenvalue weighted by Gasteiger charge is -2.10. The number of amides is 1. The monoisotopic (exact) mass is 498 g/mol. The molecular weight excluding hydrogens is 483 g/mol. The highest BCUT2D eigenvalue weighted by Gasteiger charge is 2.12. The smallest absolute Gasteiger partial charge is 0.234 e. The zero-order valence-corrected chi connectivity index (χ0v) is 17.9. The molecule has 0 aliphatic heterocycles. The molecule has 3 rings (SSSR count). The summed E-state index contributed by atoms with van der Waals surface area (Å²) >= 11 is 9.78. The first-order valence-corrected chi connectivity index (χ1v) is 10.2. The van der Waals surface area contributed by atoms with Crippen LogP contribution in [0, 0.1) is 17.4 Å². The summed E-state index contributed by atoms with van der Waals surface area (Å²) in [5.41, 5.74) is 3.72. The third kappa shape index (κ3) is 4.57. The van der Waals surface area contributed by atoms with Gasteiger partial charge in [0.25, 0.3) is 0 Å². The molecule has 1 aromatic heterocycles. The Hall–Kier alpha value is -1.58. The molecule has 0 fully saturated rings. The van der Waals surface area contributed by atoms with Gasteiger partial charge in [0, 0.05) is 14.3 Å². The summed E-state index contributed by atoms with van der Waals surface area (Å²) in [6, 6.07) is 11.7. The summed E-state index contributed by atoms with van der Waals surface area (Å²) in [6.07, 6.45) is 1.62. The average molecular weight is 499 g/mol. The summed E-state index contributed by atoms with van der Waals surface area (Å²) < 4.78 is 2.96. The van der Waals surface area contributed by atoms with Gasteiger partial charge in [-0.25, -0.2) is 0 Å². The van der Waals surface area contributed by atoms with Gasteiger partial charge in [0.05, 0.1) is 11.4 Å². The molecule has 8 heteroatoms. The third-order valence-electron chi connectivity index (χ3n) is 3.74. The summed E-state index contributed by atoms with van der Waals surface area (Å²) in [6.45, 7) is 3.92. The first-order chi connectivity index (χ1) is 12.4. The molecule has 0 radical (unpaired) electrons. The van der Waals surface area contributed by atoms with Crippen molar-refractivity contribution in [2.75, 3.05) is 11.1 Å².